The summed E-state index contributed by atoms with van der Waals surface area (Å²) in [5.74, 6) is -0.00529. The van der Waals surface area contributed by atoms with Gasteiger partial charge in [0.25, 0.3) is 5.91 Å². The Hall–Kier alpha value is -3.35. The van der Waals surface area contributed by atoms with Crippen LogP contribution in [0.1, 0.15) is 21.5 Å². The van der Waals surface area contributed by atoms with Gasteiger partial charge in [0, 0.05) is 37.2 Å². The number of rotatable bonds is 7. The number of hydrogen-bond acceptors (Lipinski definition) is 3. The van der Waals surface area contributed by atoms with Crippen molar-refractivity contribution in [1.29, 1.82) is 0 Å². The van der Waals surface area contributed by atoms with Crippen LogP contribution in [0.4, 0.5) is 8.78 Å². The maximum Gasteiger partial charge on any atom is 0.387 e. The number of halogens is 2. The van der Waals surface area contributed by atoms with Crippen LogP contribution in [-0.2, 0) is 6.54 Å². The topological polar surface area (TPSA) is 43.7 Å². The van der Waals surface area contributed by atoms with Crippen molar-refractivity contribution in [3.05, 3.63) is 77.6 Å². The monoisotopic (exact) mass is 400 g/mol. The number of methoxy groups -OCH3 is 1. The van der Waals surface area contributed by atoms with E-state index in [2.05, 4.69) is 4.74 Å². The van der Waals surface area contributed by atoms with Gasteiger partial charge in [0.2, 0.25) is 0 Å². The molecule has 2 aromatic carbocycles. The molecule has 1 heterocycles. The van der Waals surface area contributed by atoms with Crippen LogP contribution in [0.2, 0.25) is 0 Å². The van der Waals surface area contributed by atoms with Crippen molar-refractivity contribution in [2.45, 2.75) is 20.1 Å². The van der Waals surface area contributed by atoms with Crippen LogP contribution in [-0.4, -0.2) is 36.1 Å². The van der Waals surface area contributed by atoms with E-state index in [-0.39, 0.29) is 24.0 Å². The molecule has 0 bridgehead atoms. The maximum absolute atomic E-state index is 12.9. The molecule has 0 fully saturated rings. The fourth-order valence-electron chi connectivity index (χ4n) is 3.09. The molecule has 152 valence electrons. The zero-order chi connectivity index (χ0) is 21.0. The molecular weight excluding hydrogens is 378 g/mol. The Bertz CT molecular complexity index is 988. The van der Waals surface area contributed by atoms with Crippen molar-refractivity contribution in [1.82, 2.24) is 9.47 Å². The first kappa shape index (κ1) is 20.4. The molecule has 0 aliphatic rings. The highest BCUT2D eigenvalue weighted by atomic mass is 19.3. The van der Waals surface area contributed by atoms with Crippen LogP contribution in [0.15, 0.2) is 60.9 Å². The molecular formula is C22H22F2N2O3. The summed E-state index contributed by atoms with van der Waals surface area (Å²) in [6.07, 6.45) is 3.85. The van der Waals surface area contributed by atoms with Gasteiger partial charge >= 0.3 is 6.61 Å². The minimum absolute atomic E-state index is 0.0462. The Labute approximate surface area is 168 Å². The lowest BCUT2D eigenvalue weighted by atomic mass is 10.1. The van der Waals surface area contributed by atoms with Crippen molar-refractivity contribution in [2.24, 2.45) is 0 Å². The lowest BCUT2D eigenvalue weighted by Crippen LogP contribution is -2.26. The van der Waals surface area contributed by atoms with Gasteiger partial charge in [-0.3, -0.25) is 4.79 Å². The van der Waals surface area contributed by atoms with E-state index in [0.717, 1.165) is 16.8 Å². The second kappa shape index (κ2) is 8.77. The number of hydrogen-bond donors (Lipinski definition) is 0. The number of benzene rings is 2. The van der Waals surface area contributed by atoms with E-state index in [1.54, 1.807) is 30.1 Å². The van der Waals surface area contributed by atoms with Crippen LogP contribution in [0.25, 0.3) is 5.69 Å². The van der Waals surface area contributed by atoms with Crippen molar-refractivity contribution in [3.8, 4) is 17.2 Å². The Morgan fingerprint density at radius 1 is 1.10 bits per heavy atom. The van der Waals surface area contributed by atoms with E-state index in [1.165, 1.54) is 13.2 Å². The largest absolute Gasteiger partial charge is 0.493 e. The quantitative estimate of drug-likeness (QED) is 0.579. The van der Waals surface area contributed by atoms with Crippen molar-refractivity contribution in [3.63, 3.8) is 0 Å². The minimum atomic E-state index is -2.94. The molecule has 5 nitrogen and oxygen atoms in total. The summed E-state index contributed by atoms with van der Waals surface area (Å²) in [7, 11) is 3.06. The van der Waals surface area contributed by atoms with E-state index >= 15 is 0 Å². The van der Waals surface area contributed by atoms with Gasteiger partial charge in [-0.2, -0.15) is 8.78 Å². The molecule has 0 unspecified atom stereocenters. The molecule has 0 spiro atoms. The van der Waals surface area contributed by atoms with Crippen LogP contribution >= 0.6 is 0 Å². The standard InChI is InChI=1S/C22H22F2N2O3/c1-15-6-8-17(13-18(15)26-10-4-5-11-26)21(27)25(2)14-16-7-9-19(29-22(23)24)20(12-16)28-3/h4-13,22H,14H2,1-3H3. The number of amides is 1. The molecule has 0 atom stereocenters. The van der Waals surface area contributed by atoms with Crippen LogP contribution in [0, 0.1) is 6.92 Å². The van der Waals surface area contributed by atoms with E-state index in [0.29, 0.717) is 5.56 Å². The van der Waals surface area contributed by atoms with Gasteiger partial charge in [-0.1, -0.05) is 12.1 Å². The van der Waals surface area contributed by atoms with Crippen molar-refractivity contribution < 1.29 is 23.0 Å². The second-order valence-corrected chi connectivity index (χ2v) is 6.62. The Morgan fingerprint density at radius 3 is 2.48 bits per heavy atom. The molecule has 1 amide bonds. The summed E-state index contributed by atoms with van der Waals surface area (Å²) in [5.41, 5.74) is 3.28. The zero-order valence-electron chi connectivity index (χ0n) is 16.4. The third-order valence-electron chi connectivity index (χ3n) is 4.55. The highest BCUT2D eigenvalue weighted by Gasteiger charge is 2.16. The number of alkyl halides is 2. The van der Waals surface area contributed by atoms with E-state index in [1.807, 2.05) is 48.1 Å². The molecule has 0 saturated carbocycles. The van der Waals surface area contributed by atoms with Gasteiger partial charge in [-0.05, 0) is 54.4 Å². The Kier molecular flexibility index (Phi) is 6.16. The molecule has 3 rings (SSSR count). The number of aromatic nitrogens is 1. The zero-order valence-corrected chi connectivity index (χ0v) is 16.4. The van der Waals surface area contributed by atoms with Gasteiger partial charge in [0.15, 0.2) is 11.5 Å². The third-order valence-corrected chi connectivity index (χ3v) is 4.55. The molecule has 7 heteroatoms. The average Bonchev–Trinajstić information content (AvgIpc) is 3.23. The number of nitrogens with zero attached hydrogens (tertiary/aromatic N) is 2. The van der Waals surface area contributed by atoms with Gasteiger partial charge in [-0.25, -0.2) is 0 Å². The van der Waals surface area contributed by atoms with Crippen LogP contribution < -0.4 is 9.47 Å². The number of ether oxygens (including phenoxy) is 2. The molecule has 0 radical (unpaired) electrons. The molecule has 0 saturated heterocycles. The fourth-order valence-corrected chi connectivity index (χ4v) is 3.09. The summed E-state index contributed by atoms with van der Waals surface area (Å²) in [6.45, 7) is -0.658. The SMILES string of the molecule is COc1cc(CN(C)C(=O)c2ccc(C)c(-n3cccc3)c2)ccc1OC(F)F. The lowest BCUT2D eigenvalue weighted by Gasteiger charge is -2.19. The van der Waals surface area contributed by atoms with Gasteiger partial charge in [0.05, 0.1) is 7.11 Å². The van der Waals surface area contributed by atoms with Crippen molar-refractivity contribution >= 4 is 5.91 Å². The normalized spacial score (nSPS) is 10.8. The number of aryl methyl sites for hydroxylation is 1. The third kappa shape index (κ3) is 4.74. The van der Waals surface area contributed by atoms with E-state index in [4.69, 9.17) is 4.74 Å². The molecule has 1 aromatic heterocycles. The summed E-state index contributed by atoms with van der Waals surface area (Å²) < 4.78 is 36.5. The van der Waals surface area contributed by atoms with Crippen molar-refractivity contribution in [2.75, 3.05) is 14.2 Å². The van der Waals surface area contributed by atoms with Crippen LogP contribution in [0.5, 0.6) is 11.5 Å². The highest BCUT2D eigenvalue weighted by Crippen LogP contribution is 2.30. The van der Waals surface area contributed by atoms with Gasteiger partial charge in [-0.15, -0.1) is 0 Å². The Balaban J connectivity index is 1.78. The molecule has 3 aromatic rings. The van der Waals surface area contributed by atoms with E-state index in [9.17, 15) is 13.6 Å². The number of carbonyl (C=O) groups excluding carboxylic acids is 1. The molecule has 0 aliphatic carbocycles. The highest BCUT2D eigenvalue weighted by molar-refractivity contribution is 5.94. The van der Waals surface area contributed by atoms with E-state index < -0.39 is 6.61 Å². The summed E-state index contributed by atoms with van der Waals surface area (Å²) in [4.78, 5) is 14.5. The van der Waals surface area contributed by atoms with Gasteiger partial charge in [0.1, 0.15) is 0 Å². The average molecular weight is 400 g/mol. The van der Waals surface area contributed by atoms with Gasteiger partial charge < -0.3 is 18.9 Å². The van der Waals surface area contributed by atoms with Crippen LogP contribution in [0.3, 0.4) is 0 Å². The first-order valence-corrected chi connectivity index (χ1v) is 9.00. The second-order valence-electron chi connectivity index (χ2n) is 6.62. The first-order chi connectivity index (χ1) is 13.9. The predicted molar refractivity (Wildman–Crippen MR) is 106 cm³/mol. The first-order valence-electron chi connectivity index (χ1n) is 9.00. The molecule has 0 N–H and O–H groups in total. The maximum atomic E-state index is 12.9. The fraction of sp³-hybridized carbons (Fsp3) is 0.227. The minimum Gasteiger partial charge on any atom is -0.493 e. The smallest absolute Gasteiger partial charge is 0.387 e. The Morgan fingerprint density at radius 2 is 1.83 bits per heavy atom. The molecule has 0 aliphatic heterocycles. The summed E-state index contributed by atoms with van der Waals surface area (Å²) in [5, 5.41) is 0. The summed E-state index contributed by atoms with van der Waals surface area (Å²) >= 11 is 0. The number of carbonyl (C=O) groups is 1. The molecule has 29 heavy (non-hydrogen) atoms. The summed E-state index contributed by atoms with van der Waals surface area (Å²) in [6, 6.07) is 14.0. The predicted octanol–water partition coefficient (Wildman–Crippen LogP) is 4.67. The lowest BCUT2D eigenvalue weighted by molar-refractivity contribution is -0.0512.